The zero-order chi connectivity index (χ0) is 45.4. The molecule has 2 saturated carbocycles. The largest absolute Gasteiger partial charge is 0.309 e. The molecule has 0 N–H and O–H groups in total. The molecule has 0 unspecified atom stereocenters. The second kappa shape index (κ2) is 16.6. The summed E-state index contributed by atoms with van der Waals surface area (Å²) in [6, 6.07) is 75.9. The molecular weight excluding hydrogens is 835 g/mol. The van der Waals surface area contributed by atoms with Crippen LogP contribution in [0.2, 0.25) is 0 Å². The van der Waals surface area contributed by atoms with Gasteiger partial charge in [0.2, 0.25) is 0 Å². The Balaban J connectivity index is 0.923. The smallest absolute Gasteiger partial charge is 0.0543 e. The van der Waals surface area contributed by atoms with Crippen molar-refractivity contribution in [3.63, 3.8) is 0 Å². The first kappa shape index (κ1) is 40.4. The molecule has 0 radical (unpaired) electrons. The van der Waals surface area contributed by atoms with Crippen LogP contribution in [-0.2, 0) is 0 Å². The first-order chi connectivity index (χ1) is 34.2. The first-order valence-electron chi connectivity index (χ1n) is 25.6. The van der Waals surface area contributed by atoms with Crippen molar-refractivity contribution in [2.45, 2.75) is 76.0 Å². The number of rotatable bonds is 7. The molecule has 3 heterocycles. The highest BCUT2D eigenvalue weighted by Crippen LogP contribution is 2.43. The van der Waals surface area contributed by atoms with Crippen LogP contribution in [0.3, 0.4) is 0 Å². The normalized spacial score (nSPS) is 15.1. The van der Waals surface area contributed by atoms with E-state index >= 15 is 0 Å². The van der Waals surface area contributed by atoms with Crippen molar-refractivity contribution in [1.82, 2.24) is 13.7 Å². The minimum atomic E-state index is 0.648. The minimum absolute atomic E-state index is 0.648. The van der Waals surface area contributed by atoms with E-state index < -0.39 is 0 Å². The molecule has 3 aromatic heterocycles. The average molecular weight is 890 g/mol. The van der Waals surface area contributed by atoms with E-state index in [1.54, 1.807) is 0 Å². The lowest BCUT2D eigenvalue weighted by atomic mass is 9.84. The van der Waals surface area contributed by atoms with Gasteiger partial charge in [-0.3, -0.25) is 0 Å². The van der Waals surface area contributed by atoms with Crippen molar-refractivity contribution in [3.05, 3.63) is 211 Å². The topological polar surface area (TPSA) is 14.8 Å². The molecule has 0 bridgehead atoms. The Morgan fingerprint density at radius 1 is 0.246 bits per heavy atom. The zero-order valence-corrected chi connectivity index (χ0v) is 39.1. The van der Waals surface area contributed by atoms with Gasteiger partial charge in [-0.05, 0) is 168 Å². The monoisotopic (exact) mass is 889 g/mol. The van der Waals surface area contributed by atoms with Crippen molar-refractivity contribution in [3.8, 4) is 39.3 Å². The molecule has 3 nitrogen and oxygen atoms in total. The van der Waals surface area contributed by atoms with Crippen LogP contribution in [0.15, 0.2) is 200 Å². The highest BCUT2D eigenvalue weighted by atomic mass is 15.0. The van der Waals surface area contributed by atoms with Crippen molar-refractivity contribution in [2.75, 3.05) is 0 Å². The molecule has 3 heteroatoms. The maximum atomic E-state index is 2.51. The zero-order valence-electron chi connectivity index (χ0n) is 39.1. The summed E-state index contributed by atoms with van der Waals surface area (Å²) in [4.78, 5) is 0. The Labute approximate surface area is 403 Å². The maximum Gasteiger partial charge on any atom is 0.0543 e. The molecule has 69 heavy (non-hydrogen) atoms. The molecule has 334 valence electrons. The van der Waals surface area contributed by atoms with Gasteiger partial charge in [-0.15, -0.1) is 0 Å². The van der Waals surface area contributed by atoms with Crippen LogP contribution in [0.1, 0.15) is 87.2 Å². The molecule has 2 aliphatic rings. The molecule has 0 aliphatic heterocycles. The summed E-state index contributed by atoms with van der Waals surface area (Å²) < 4.78 is 7.42. The number of benzene rings is 9. The summed E-state index contributed by atoms with van der Waals surface area (Å²) in [5.41, 5.74) is 19.0. The first-order valence-corrected chi connectivity index (χ1v) is 25.6. The van der Waals surface area contributed by atoms with E-state index in [9.17, 15) is 0 Å². The lowest BCUT2D eigenvalue weighted by Crippen LogP contribution is -2.04. The molecule has 0 spiro atoms. The number of aromatic nitrogens is 3. The molecule has 0 amide bonds. The minimum Gasteiger partial charge on any atom is -0.309 e. The van der Waals surface area contributed by atoms with Crippen molar-refractivity contribution < 1.29 is 0 Å². The van der Waals surface area contributed by atoms with Gasteiger partial charge in [0.1, 0.15) is 0 Å². The Morgan fingerprint density at radius 3 is 0.884 bits per heavy atom. The van der Waals surface area contributed by atoms with E-state index in [-0.39, 0.29) is 0 Å². The predicted octanol–water partition coefficient (Wildman–Crippen LogP) is 18.4. The summed E-state index contributed by atoms with van der Waals surface area (Å²) in [7, 11) is 0. The molecular formula is C66H55N3. The Morgan fingerprint density at radius 2 is 0.551 bits per heavy atom. The van der Waals surface area contributed by atoms with Crippen LogP contribution in [0.5, 0.6) is 0 Å². The molecule has 14 rings (SSSR count). The fraction of sp³-hybridized carbons (Fsp3) is 0.182. The molecule has 2 aliphatic carbocycles. The quantitative estimate of drug-likeness (QED) is 0.151. The molecule has 12 aromatic rings. The van der Waals surface area contributed by atoms with Crippen LogP contribution < -0.4 is 0 Å². The number of hydrogen-bond acceptors (Lipinski definition) is 0. The standard InChI is InChI=1S/C66H55N3/c1-6-16-44(17-7-1)50-26-32-55-57-38-46(28-34-61(57)68(65(55)42-50)53-22-12-4-13-23-53)48-30-36-63-59(40-48)60-41-49(31-37-64(60)67(63)52-20-10-3-11-21-52)47-29-35-62-58(39-47)56-33-27-51(45-18-8-2-9-19-45)43-66(56)69(62)54-24-14-5-15-25-54/h3-5,10-15,20-45H,1-2,6-9,16-19H2. The van der Waals surface area contributed by atoms with E-state index in [2.05, 4.69) is 214 Å². The van der Waals surface area contributed by atoms with E-state index in [4.69, 9.17) is 0 Å². The van der Waals surface area contributed by atoms with Gasteiger partial charge in [0, 0.05) is 49.4 Å². The predicted molar refractivity (Wildman–Crippen MR) is 292 cm³/mol. The third kappa shape index (κ3) is 6.77. The summed E-state index contributed by atoms with van der Waals surface area (Å²) in [6.07, 6.45) is 13.2. The fourth-order valence-corrected chi connectivity index (χ4v) is 12.8. The fourth-order valence-electron chi connectivity index (χ4n) is 12.8. The molecule has 0 saturated heterocycles. The Bertz CT molecular complexity index is 3660. The van der Waals surface area contributed by atoms with Gasteiger partial charge in [0.05, 0.1) is 33.1 Å². The summed E-state index contributed by atoms with van der Waals surface area (Å²) in [5.74, 6) is 1.30. The van der Waals surface area contributed by atoms with E-state index in [0.717, 1.165) is 0 Å². The summed E-state index contributed by atoms with van der Waals surface area (Å²) in [6.45, 7) is 0. The highest BCUT2D eigenvalue weighted by molar-refractivity contribution is 6.14. The van der Waals surface area contributed by atoms with Gasteiger partial charge in [0.25, 0.3) is 0 Å². The van der Waals surface area contributed by atoms with Gasteiger partial charge in [-0.1, -0.05) is 142 Å². The number of nitrogens with zero attached hydrogens (tertiary/aromatic N) is 3. The molecule has 2 fully saturated rings. The van der Waals surface area contributed by atoms with Gasteiger partial charge in [-0.2, -0.15) is 0 Å². The van der Waals surface area contributed by atoms with Crippen LogP contribution in [-0.4, -0.2) is 13.7 Å². The van der Waals surface area contributed by atoms with Crippen molar-refractivity contribution in [2.24, 2.45) is 0 Å². The third-order valence-corrected chi connectivity index (χ3v) is 16.2. The lowest BCUT2D eigenvalue weighted by Gasteiger charge is -2.22. The third-order valence-electron chi connectivity index (χ3n) is 16.2. The number of fused-ring (bicyclic) bond motifs is 9. The SMILES string of the molecule is c1ccc(-n2c3ccc(-c4ccc5c(c4)c4ccc(C6CCCCC6)cc4n5-c4ccccc4)cc3c3cc(-c4ccc5c(c4)c4ccc(C6CCCCC6)cc4n5-c4ccccc4)ccc32)cc1. The van der Waals surface area contributed by atoms with Crippen molar-refractivity contribution >= 4 is 65.4 Å². The Hall–Kier alpha value is -7.62. The van der Waals surface area contributed by atoms with Crippen molar-refractivity contribution in [1.29, 1.82) is 0 Å². The summed E-state index contributed by atoms with van der Waals surface area (Å²) >= 11 is 0. The number of hydrogen-bond donors (Lipinski definition) is 0. The van der Waals surface area contributed by atoms with E-state index in [1.807, 2.05) is 0 Å². The summed E-state index contributed by atoms with van der Waals surface area (Å²) in [5, 5.41) is 7.74. The molecule has 0 atom stereocenters. The van der Waals surface area contributed by atoms with Gasteiger partial charge >= 0.3 is 0 Å². The molecule has 9 aromatic carbocycles. The lowest BCUT2D eigenvalue weighted by molar-refractivity contribution is 0.444. The van der Waals surface area contributed by atoms with Crippen LogP contribution in [0.25, 0.3) is 105 Å². The van der Waals surface area contributed by atoms with E-state index in [1.165, 1.54) is 180 Å². The average Bonchev–Trinajstić information content (AvgIpc) is 4.06. The number of para-hydroxylation sites is 3. The van der Waals surface area contributed by atoms with E-state index in [0.29, 0.717) is 11.8 Å². The second-order valence-corrected chi connectivity index (χ2v) is 20.2. The van der Waals surface area contributed by atoms with Gasteiger partial charge < -0.3 is 13.7 Å². The second-order valence-electron chi connectivity index (χ2n) is 20.2. The van der Waals surface area contributed by atoms with Crippen LogP contribution in [0.4, 0.5) is 0 Å². The highest BCUT2D eigenvalue weighted by Gasteiger charge is 2.22. The van der Waals surface area contributed by atoms with Gasteiger partial charge in [-0.25, -0.2) is 0 Å². The Kier molecular flexibility index (Phi) is 9.71. The van der Waals surface area contributed by atoms with Gasteiger partial charge in [0.15, 0.2) is 0 Å². The maximum absolute atomic E-state index is 2.51. The van der Waals surface area contributed by atoms with Crippen LogP contribution in [0, 0.1) is 0 Å². The van der Waals surface area contributed by atoms with Crippen LogP contribution >= 0.6 is 0 Å².